The van der Waals surface area contributed by atoms with E-state index in [0.717, 1.165) is 22.4 Å². The van der Waals surface area contributed by atoms with E-state index in [1.54, 1.807) is 14.2 Å². The highest BCUT2D eigenvalue weighted by Crippen LogP contribution is 2.31. The molecule has 0 fully saturated rings. The molecular formula is C24H26N2O3. The lowest BCUT2D eigenvalue weighted by molar-refractivity contribution is -0.117. The molecule has 0 heterocycles. The second kappa shape index (κ2) is 9.75. The van der Waals surface area contributed by atoms with E-state index in [1.807, 2.05) is 72.6 Å². The molecule has 0 aliphatic heterocycles. The summed E-state index contributed by atoms with van der Waals surface area (Å²) in [4.78, 5) is 14.4. The second-order valence-electron chi connectivity index (χ2n) is 6.82. The van der Waals surface area contributed by atoms with Crippen molar-refractivity contribution < 1.29 is 14.3 Å². The normalized spacial score (nSPS) is 10.6. The first kappa shape index (κ1) is 20.4. The van der Waals surface area contributed by atoms with Crippen LogP contribution in [-0.2, 0) is 11.3 Å². The van der Waals surface area contributed by atoms with Crippen molar-refractivity contribution in [2.45, 2.75) is 6.54 Å². The smallest absolute Gasteiger partial charge is 0.238 e. The van der Waals surface area contributed by atoms with E-state index in [0.29, 0.717) is 18.0 Å². The van der Waals surface area contributed by atoms with Crippen LogP contribution >= 0.6 is 0 Å². The fourth-order valence-electron chi connectivity index (χ4n) is 3.25. The summed E-state index contributed by atoms with van der Waals surface area (Å²) < 4.78 is 10.8. The molecule has 0 aliphatic carbocycles. The zero-order valence-corrected chi connectivity index (χ0v) is 17.0. The van der Waals surface area contributed by atoms with E-state index in [-0.39, 0.29) is 12.5 Å². The second-order valence-corrected chi connectivity index (χ2v) is 6.82. The zero-order chi connectivity index (χ0) is 20.6. The summed E-state index contributed by atoms with van der Waals surface area (Å²) in [6.45, 7) is 0.835. The molecule has 0 aromatic heterocycles. The number of likely N-dealkylation sites (N-methyl/N-ethyl adjacent to an activating group) is 1. The third kappa shape index (κ3) is 5.36. The minimum absolute atomic E-state index is 0.0678. The van der Waals surface area contributed by atoms with Crippen molar-refractivity contribution in [2.75, 3.05) is 33.1 Å². The number of carbonyl (C=O) groups is 1. The van der Waals surface area contributed by atoms with Crippen LogP contribution in [0.5, 0.6) is 11.5 Å². The Bertz CT molecular complexity index is 940. The average molecular weight is 390 g/mol. The van der Waals surface area contributed by atoms with Gasteiger partial charge < -0.3 is 14.8 Å². The van der Waals surface area contributed by atoms with Crippen LogP contribution in [0.15, 0.2) is 72.8 Å². The van der Waals surface area contributed by atoms with E-state index in [2.05, 4.69) is 17.4 Å². The molecule has 5 nitrogen and oxygen atoms in total. The van der Waals surface area contributed by atoms with Crippen LogP contribution in [0.25, 0.3) is 11.1 Å². The van der Waals surface area contributed by atoms with Gasteiger partial charge in [0.2, 0.25) is 5.91 Å². The summed E-state index contributed by atoms with van der Waals surface area (Å²) >= 11 is 0. The Morgan fingerprint density at radius 2 is 1.55 bits per heavy atom. The van der Waals surface area contributed by atoms with Crippen LogP contribution in [0.1, 0.15) is 5.56 Å². The monoisotopic (exact) mass is 390 g/mol. The van der Waals surface area contributed by atoms with E-state index < -0.39 is 0 Å². The van der Waals surface area contributed by atoms with Gasteiger partial charge in [-0.25, -0.2) is 0 Å². The van der Waals surface area contributed by atoms with E-state index in [9.17, 15) is 4.79 Å². The SMILES string of the molecule is COc1cccc(CN(C)CC(=O)Nc2ccc(-c3ccccc3)cc2)c1OC. The number of methoxy groups -OCH3 is 2. The summed E-state index contributed by atoms with van der Waals surface area (Å²) in [5.41, 5.74) is 4.01. The van der Waals surface area contributed by atoms with Gasteiger partial charge >= 0.3 is 0 Å². The number of amides is 1. The minimum Gasteiger partial charge on any atom is -0.493 e. The fourth-order valence-corrected chi connectivity index (χ4v) is 3.25. The fraction of sp³-hybridized carbons (Fsp3) is 0.208. The number of para-hydroxylation sites is 1. The molecule has 0 aliphatic rings. The van der Waals surface area contributed by atoms with Gasteiger partial charge in [0.1, 0.15) is 0 Å². The van der Waals surface area contributed by atoms with Gasteiger partial charge in [0, 0.05) is 17.8 Å². The molecule has 1 amide bonds. The molecule has 0 saturated heterocycles. The Labute approximate surface area is 171 Å². The molecular weight excluding hydrogens is 364 g/mol. The largest absolute Gasteiger partial charge is 0.493 e. The van der Waals surface area contributed by atoms with Crippen molar-refractivity contribution >= 4 is 11.6 Å². The summed E-state index contributed by atoms with van der Waals surface area (Å²) in [5.74, 6) is 1.31. The van der Waals surface area contributed by atoms with Gasteiger partial charge in [-0.05, 0) is 36.4 Å². The highest BCUT2D eigenvalue weighted by Gasteiger charge is 2.13. The lowest BCUT2D eigenvalue weighted by Gasteiger charge is -2.19. The molecule has 1 N–H and O–H groups in total. The van der Waals surface area contributed by atoms with Crippen LogP contribution in [0.2, 0.25) is 0 Å². The van der Waals surface area contributed by atoms with Gasteiger partial charge in [0.05, 0.1) is 20.8 Å². The number of rotatable bonds is 8. The molecule has 29 heavy (non-hydrogen) atoms. The highest BCUT2D eigenvalue weighted by molar-refractivity contribution is 5.92. The van der Waals surface area contributed by atoms with Crippen LogP contribution in [0.4, 0.5) is 5.69 Å². The van der Waals surface area contributed by atoms with Crippen molar-refractivity contribution in [3.05, 3.63) is 78.4 Å². The molecule has 3 aromatic rings. The Hall–Kier alpha value is -3.31. The van der Waals surface area contributed by atoms with Gasteiger partial charge in [-0.1, -0.05) is 54.6 Å². The number of anilines is 1. The summed E-state index contributed by atoms with van der Waals surface area (Å²) in [5, 5.41) is 2.95. The van der Waals surface area contributed by atoms with Crippen LogP contribution < -0.4 is 14.8 Å². The number of nitrogens with zero attached hydrogens (tertiary/aromatic N) is 1. The first-order valence-electron chi connectivity index (χ1n) is 9.44. The van der Waals surface area contributed by atoms with Crippen LogP contribution in [-0.4, -0.2) is 38.6 Å². The molecule has 3 aromatic carbocycles. The Kier molecular flexibility index (Phi) is 6.87. The number of carbonyl (C=O) groups excluding carboxylic acids is 1. The third-order valence-corrected chi connectivity index (χ3v) is 4.61. The van der Waals surface area contributed by atoms with Crippen molar-refractivity contribution in [1.82, 2.24) is 4.90 Å². The first-order chi connectivity index (χ1) is 14.1. The molecule has 5 heteroatoms. The molecule has 150 valence electrons. The minimum atomic E-state index is -0.0678. The molecule has 0 unspecified atom stereocenters. The van der Waals surface area contributed by atoms with Crippen molar-refractivity contribution in [3.63, 3.8) is 0 Å². The topological polar surface area (TPSA) is 50.8 Å². The molecule has 3 rings (SSSR count). The van der Waals surface area contributed by atoms with Crippen LogP contribution in [0, 0.1) is 0 Å². The zero-order valence-electron chi connectivity index (χ0n) is 17.0. The van der Waals surface area contributed by atoms with Gasteiger partial charge in [0.25, 0.3) is 0 Å². The van der Waals surface area contributed by atoms with Crippen molar-refractivity contribution in [1.29, 1.82) is 0 Å². The predicted molar refractivity (Wildman–Crippen MR) is 116 cm³/mol. The maximum absolute atomic E-state index is 12.4. The molecule has 0 bridgehead atoms. The number of nitrogens with one attached hydrogen (secondary N) is 1. The highest BCUT2D eigenvalue weighted by atomic mass is 16.5. The van der Waals surface area contributed by atoms with Crippen molar-refractivity contribution in [3.8, 4) is 22.6 Å². The van der Waals surface area contributed by atoms with E-state index in [4.69, 9.17) is 9.47 Å². The lowest BCUT2D eigenvalue weighted by atomic mass is 10.1. The van der Waals surface area contributed by atoms with Gasteiger partial charge in [-0.3, -0.25) is 9.69 Å². The lowest BCUT2D eigenvalue weighted by Crippen LogP contribution is -2.30. The third-order valence-electron chi connectivity index (χ3n) is 4.61. The van der Waals surface area contributed by atoms with Gasteiger partial charge in [-0.2, -0.15) is 0 Å². The van der Waals surface area contributed by atoms with E-state index in [1.165, 1.54) is 0 Å². The molecule has 0 atom stereocenters. The Morgan fingerprint density at radius 3 is 2.21 bits per heavy atom. The first-order valence-corrected chi connectivity index (χ1v) is 9.44. The molecule has 0 radical (unpaired) electrons. The number of hydrogen-bond acceptors (Lipinski definition) is 4. The Balaban J connectivity index is 1.58. The molecule has 0 spiro atoms. The predicted octanol–water partition coefficient (Wildman–Crippen LogP) is 4.44. The summed E-state index contributed by atoms with van der Waals surface area (Å²) in [6.07, 6.45) is 0. The number of benzene rings is 3. The Morgan fingerprint density at radius 1 is 0.862 bits per heavy atom. The average Bonchev–Trinajstić information content (AvgIpc) is 2.74. The number of ether oxygens (including phenoxy) is 2. The van der Waals surface area contributed by atoms with Gasteiger partial charge in [0.15, 0.2) is 11.5 Å². The number of hydrogen-bond donors (Lipinski definition) is 1. The summed E-state index contributed by atoms with van der Waals surface area (Å²) in [7, 11) is 5.13. The maximum atomic E-state index is 12.4. The van der Waals surface area contributed by atoms with Crippen LogP contribution in [0.3, 0.4) is 0 Å². The standard InChI is InChI=1S/C24H26N2O3/c1-26(16-20-10-7-11-22(28-2)24(20)29-3)17-23(27)25-21-14-12-19(13-15-21)18-8-5-4-6-9-18/h4-15H,16-17H2,1-3H3,(H,25,27). The molecule has 0 saturated carbocycles. The quantitative estimate of drug-likeness (QED) is 0.618. The maximum Gasteiger partial charge on any atom is 0.238 e. The van der Waals surface area contributed by atoms with Crippen molar-refractivity contribution in [2.24, 2.45) is 0 Å². The summed E-state index contributed by atoms with van der Waals surface area (Å²) in [6, 6.07) is 23.8. The van der Waals surface area contributed by atoms with E-state index >= 15 is 0 Å². The van der Waals surface area contributed by atoms with Gasteiger partial charge in [-0.15, -0.1) is 0 Å².